The quantitative estimate of drug-likeness (QED) is 0.680. The second kappa shape index (κ2) is 9.75. The lowest BCUT2D eigenvalue weighted by Crippen LogP contribution is -2.56. The van der Waals surface area contributed by atoms with Crippen molar-refractivity contribution in [3.8, 4) is 5.75 Å². The van der Waals surface area contributed by atoms with Crippen LogP contribution in [-0.2, 0) is 0 Å². The van der Waals surface area contributed by atoms with Crippen LogP contribution in [0.2, 0.25) is 0 Å². The summed E-state index contributed by atoms with van der Waals surface area (Å²) < 4.78 is 5.54. The average Bonchev–Trinajstić information content (AvgIpc) is 2.83. The number of nitrogens with zero attached hydrogens (tertiary/aromatic N) is 3. The van der Waals surface area contributed by atoms with Crippen molar-refractivity contribution in [2.45, 2.75) is 23.8 Å². The van der Waals surface area contributed by atoms with E-state index in [0.29, 0.717) is 6.04 Å². The Kier molecular flexibility index (Phi) is 6.85. The molecule has 0 aliphatic carbocycles. The largest absolute Gasteiger partial charge is 0.495 e. The first-order chi connectivity index (χ1) is 14.7. The number of hydrogen-bond donors (Lipinski definition) is 0. The van der Waals surface area contributed by atoms with Crippen molar-refractivity contribution in [3.63, 3.8) is 0 Å². The molecule has 160 valence electrons. The lowest BCUT2D eigenvalue weighted by Gasteiger charge is -2.44. The molecule has 5 nitrogen and oxygen atoms in total. The molecule has 0 N–H and O–H groups in total. The first-order valence-electron chi connectivity index (χ1n) is 10.8. The first-order valence-corrected chi connectivity index (χ1v) is 12.0. The second-order valence-electron chi connectivity index (χ2n) is 7.94. The molecular weight excluding hydrogens is 394 g/mol. The lowest BCUT2D eigenvalue weighted by atomic mass is 10.0. The van der Waals surface area contributed by atoms with Gasteiger partial charge in [-0.05, 0) is 43.4 Å². The third-order valence-corrected chi connectivity index (χ3v) is 7.07. The Labute approximate surface area is 184 Å². The number of para-hydroxylation sites is 2. The van der Waals surface area contributed by atoms with Crippen LogP contribution in [0.1, 0.15) is 23.2 Å². The minimum absolute atomic E-state index is 0.178. The molecular formula is C24H31N3O2S. The second-order valence-corrected chi connectivity index (χ2v) is 8.79. The van der Waals surface area contributed by atoms with Crippen LogP contribution < -0.4 is 9.64 Å². The molecule has 0 spiro atoms. The van der Waals surface area contributed by atoms with Crippen LogP contribution >= 0.6 is 11.8 Å². The van der Waals surface area contributed by atoms with Gasteiger partial charge in [0, 0.05) is 50.2 Å². The number of amides is 1. The fourth-order valence-corrected chi connectivity index (χ4v) is 5.24. The minimum Gasteiger partial charge on any atom is -0.495 e. The number of carbonyl (C=O) groups excluding carboxylic acids is 1. The van der Waals surface area contributed by atoms with Gasteiger partial charge in [-0.1, -0.05) is 24.3 Å². The third-order valence-electron chi connectivity index (χ3n) is 6.28. The standard InChI is InChI=1S/C24H31N3O2S/c1-29-22-11-5-4-10-21(22)26-16-14-25(15-17-26)19-8-7-13-27(18-19)24(28)20-9-3-6-12-23(20)30-2/h3-6,9-12,19H,7-8,13-18H2,1-2H3/t19-/m0/s1. The molecule has 6 heteroatoms. The van der Waals surface area contributed by atoms with Crippen molar-refractivity contribution in [2.75, 3.05) is 57.5 Å². The molecule has 0 unspecified atom stereocenters. The van der Waals surface area contributed by atoms with Crippen molar-refractivity contribution >= 4 is 23.4 Å². The molecule has 4 rings (SSSR count). The number of methoxy groups -OCH3 is 1. The highest BCUT2D eigenvalue weighted by Gasteiger charge is 2.31. The first kappa shape index (κ1) is 21.1. The van der Waals surface area contributed by atoms with Crippen molar-refractivity contribution in [2.24, 2.45) is 0 Å². The van der Waals surface area contributed by atoms with Gasteiger partial charge in [0.15, 0.2) is 0 Å². The van der Waals surface area contributed by atoms with E-state index in [4.69, 9.17) is 4.74 Å². The number of carbonyl (C=O) groups is 1. The Morgan fingerprint density at radius 3 is 2.50 bits per heavy atom. The monoisotopic (exact) mass is 425 g/mol. The zero-order valence-corrected chi connectivity index (χ0v) is 18.7. The summed E-state index contributed by atoms with van der Waals surface area (Å²) in [5.74, 6) is 1.12. The van der Waals surface area contributed by atoms with Gasteiger partial charge in [-0.25, -0.2) is 0 Å². The van der Waals surface area contributed by atoms with Crippen LogP contribution in [0.3, 0.4) is 0 Å². The molecule has 0 aromatic heterocycles. The zero-order valence-electron chi connectivity index (χ0n) is 17.9. The van der Waals surface area contributed by atoms with Crippen molar-refractivity contribution in [3.05, 3.63) is 54.1 Å². The van der Waals surface area contributed by atoms with Gasteiger partial charge >= 0.3 is 0 Å². The predicted molar refractivity (Wildman–Crippen MR) is 124 cm³/mol. The maximum atomic E-state index is 13.2. The van der Waals surface area contributed by atoms with Crippen LogP contribution in [0.5, 0.6) is 5.75 Å². The van der Waals surface area contributed by atoms with Crippen LogP contribution in [0.15, 0.2) is 53.4 Å². The number of thioether (sulfide) groups is 1. The zero-order chi connectivity index (χ0) is 20.9. The molecule has 2 saturated heterocycles. The van der Waals surface area contributed by atoms with E-state index in [-0.39, 0.29) is 5.91 Å². The summed E-state index contributed by atoms with van der Waals surface area (Å²) in [7, 11) is 1.73. The Balaban J connectivity index is 1.38. The van der Waals surface area contributed by atoms with E-state index < -0.39 is 0 Å². The number of benzene rings is 2. The number of piperazine rings is 1. The van der Waals surface area contributed by atoms with E-state index in [0.717, 1.165) is 61.9 Å². The molecule has 0 radical (unpaired) electrons. The van der Waals surface area contributed by atoms with Gasteiger partial charge in [0.05, 0.1) is 18.4 Å². The summed E-state index contributed by atoms with van der Waals surface area (Å²) in [4.78, 5) is 21.3. The average molecular weight is 426 g/mol. The molecule has 2 aliphatic rings. The highest BCUT2D eigenvalue weighted by Crippen LogP contribution is 2.29. The van der Waals surface area contributed by atoms with Crippen LogP contribution in [-0.4, -0.2) is 74.4 Å². The maximum Gasteiger partial charge on any atom is 0.255 e. The maximum absolute atomic E-state index is 13.2. The smallest absolute Gasteiger partial charge is 0.255 e. The molecule has 1 atom stereocenters. The topological polar surface area (TPSA) is 36.0 Å². The molecule has 2 aromatic carbocycles. The number of likely N-dealkylation sites (tertiary alicyclic amines) is 1. The van der Waals surface area contributed by atoms with Gasteiger partial charge in [-0.15, -0.1) is 11.8 Å². The van der Waals surface area contributed by atoms with E-state index in [2.05, 4.69) is 26.8 Å². The van der Waals surface area contributed by atoms with Gasteiger partial charge in [0.2, 0.25) is 0 Å². The SMILES string of the molecule is COc1ccccc1N1CCN([C@H]2CCCN(C(=O)c3ccccc3SC)C2)CC1. The highest BCUT2D eigenvalue weighted by atomic mass is 32.2. The van der Waals surface area contributed by atoms with E-state index in [1.165, 1.54) is 12.1 Å². The van der Waals surface area contributed by atoms with Crippen LogP contribution in [0, 0.1) is 0 Å². The summed E-state index contributed by atoms with van der Waals surface area (Å²) >= 11 is 1.64. The molecule has 2 aromatic rings. The van der Waals surface area contributed by atoms with Crippen molar-refractivity contribution in [1.82, 2.24) is 9.80 Å². The van der Waals surface area contributed by atoms with Crippen LogP contribution in [0.4, 0.5) is 5.69 Å². The molecule has 0 bridgehead atoms. The molecule has 30 heavy (non-hydrogen) atoms. The number of piperidine rings is 1. The van der Waals surface area contributed by atoms with E-state index in [1.807, 2.05) is 42.7 Å². The Hall–Kier alpha value is -2.18. The molecule has 0 saturated carbocycles. The lowest BCUT2D eigenvalue weighted by molar-refractivity contribution is 0.0560. The number of rotatable bonds is 5. The number of hydrogen-bond acceptors (Lipinski definition) is 5. The van der Waals surface area contributed by atoms with Gasteiger partial charge < -0.3 is 14.5 Å². The van der Waals surface area contributed by atoms with Gasteiger partial charge in [-0.2, -0.15) is 0 Å². The van der Waals surface area contributed by atoms with E-state index >= 15 is 0 Å². The normalized spacial score (nSPS) is 20.3. The summed E-state index contributed by atoms with van der Waals surface area (Å²) in [6.07, 6.45) is 4.28. The Morgan fingerprint density at radius 2 is 1.73 bits per heavy atom. The molecule has 2 heterocycles. The van der Waals surface area contributed by atoms with E-state index in [9.17, 15) is 4.79 Å². The minimum atomic E-state index is 0.178. The molecule has 1 amide bonds. The summed E-state index contributed by atoms with van der Waals surface area (Å²) in [5, 5.41) is 0. The Bertz CT molecular complexity index is 867. The van der Waals surface area contributed by atoms with Crippen molar-refractivity contribution in [1.29, 1.82) is 0 Å². The summed E-state index contributed by atoms with van der Waals surface area (Å²) in [6.45, 7) is 5.70. The van der Waals surface area contributed by atoms with Gasteiger partial charge in [0.1, 0.15) is 5.75 Å². The van der Waals surface area contributed by atoms with Crippen molar-refractivity contribution < 1.29 is 9.53 Å². The summed E-state index contributed by atoms with van der Waals surface area (Å²) in [6, 6.07) is 16.7. The molecule has 2 aliphatic heterocycles. The van der Waals surface area contributed by atoms with Gasteiger partial charge in [0.25, 0.3) is 5.91 Å². The fourth-order valence-electron chi connectivity index (χ4n) is 4.65. The number of anilines is 1. The third kappa shape index (κ3) is 4.44. The van der Waals surface area contributed by atoms with E-state index in [1.54, 1.807) is 18.9 Å². The predicted octanol–water partition coefficient (Wildman–Crippen LogP) is 3.84. The van der Waals surface area contributed by atoms with Gasteiger partial charge in [-0.3, -0.25) is 9.69 Å². The fraction of sp³-hybridized carbons (Fsp3) is 0.458. The Morgan fingerprint density at radius 1 is 1.00 bits per heavy atom. The number of ether oxygens (including phenoxy) is 1. The van der Waals surface area contributed by atoms with Crippen LogP contribution in [0.25, 0.3) is 0 Å². The highest BCUT2D eigenvalue weighted by molar-refractivity contribution is 7.98. The molecule has 2 fully saturated rings. The summed E-state index contributed by atoms with van der Waals surface area (Å²) in [5.41, 5.74) is 2.01.